The Kier molecular flexibility index (Phi) is 6.51. The Morgan fingerprint density at radius 1 is 1.18 bits per heavy atom. The number of hydrogen-bond acceptors (Lipinski definition) is 5. The van der Waals surface area contributed by atoms with E-state index in [9.17, 15) is 18.0 Å². The number of anilines is 1. The molecular formula is C14H20N2O5S. The summed E-state index contributed by atoms with van der Waals surface area (Å²) in [5, 5.41) is 2.52. The van der Waals surface area contributed by atoms with Crippen molar-refractivity contribution in [2.75, 3.05) is 26.0 Å². The van der Waals surface area contributed by atoms with Crippen molar-refractivity contribution in [1.82, 2.24) is 4.31 Å². The van der Waals surface area contributed by atoms with Gasteiger partial charge in [-0.05, 0) is 30.7 Å². The molecule has 0 aliphatic heterocycles. The lowest BCUT2D eigenvalue weighted by molar-refractivity contribution is -0.147. The van der Waals surface area contributed by atoms with Crippen LogP contribution in [0.3, 0.4) is 0 Å². The number of esters is 1. The zero-order valence-corrected chi connectivity index (χ0v) is 13.6. The smallest absolute Gasteiger partial charge is 0.306 e. The number of carbonyl (C=O) groups is 2. The summed E-state index contributed by atoms with van der Waals surface area (Å²) in [4.78, 5) is 22.9. The van der Waals surface area contributed by atoms with Crippen molar-refractivity contribution in [3.8, 4) is 0 Å². The molecule has 0 fully saturated rings. The maximum Gasteiger partial charge on any atom is 0.306 e. The first-order chi connectivity index (χ1) is 10.3. The van der Waals surface area contributed by atoms with Gasteiger partial charge in [0.25, 0.3) is 5.91 Å². The van der Waals surface area contributed by atoms with Crippen molar-refractivity contribution >= 4 is 27.6 Å². The van der Waals surface area contributed by atoms with Crippen LogP contribution in [0.1, 0.15) is 19.8 Å². The van der Waals surface area contributed by atoms with Gasteiger partial charge in [0, 0.05) is 26.2 Å². The SMILES string of the molecule is CCCC(=O)OCC(=O)Nc1ccc(S(=O)(=O)N(C)C)cc1. The molecule has 0 saturated carbocycles. The van der Waals surface area contributed by atoms with Gasteiger partial charge in [0.15, 0.2) is 6.61 Å². The Hall–Kier alpha value is -1.93. The van der Waals surface area contributed by atoms with Gasteiger partial charge in [-0.1, -0.05) is 6.92 Å². The zero-order chi connectivity index (χ0) is 16.8. The molecule has 0 spiro atoms. The lowest BCUT2D eigenvalue weighted by Crippen LogP contribution is -2.22. The molecule has 0 bridgehead atoms. The second-order valence-corrected chi connectivity index (χ2v) is 6.92. The van der Waals surface area contributed by atoms with E-state index in [2.05, 4.69) is 5.32 Å². The highest BCUT2D eigenvalue weighted by molar-refractivity contribution is 7.89. The molecule has 1 aromatic rings. The van der Waals surface area contributed by atoms with Crippen LogP contribution in [0.2, 0.25) is 0 Å². The highest BCUT2D eigenvalue weighted by atomic mass is 32.2. The van der Waals surface area contributed by atoms with Crippen molar-refractivity contribution in [1.29, 1.82) is 0 Å². The van der Waals surface area contributed by atoms with Gasteiger partial charge >= 0.3 is 5.97 Å². The van der Waals surface area contributed by atoms with Crippen molar-refractivity contribution in [3.05, 3.63) is 24.3 Å². The third-order valence-corrected chi connectivity index (χ3v) is 4.56. The number of nitrogens with one attached hydrogen (secondary N) is 1. The number of hydrogen-bond donors (Lipinski definition) is 1. The molecule has 8 heteroatoms. The minimum atomic E-state index is -3.50. The van der Waals surface area contributed by atoms with E-state index in [0.717, 1.165) is 4.31 Å². The molecule has 0 aliphatic carbocycles. The first kappa shape index (κ1) is 18.1. The van der Waals surface area contributed by atoms with E-state index in [1.165, 1.54) is 38.4 Å². The summed E-state index contributed by atoms with van der Waals surface area (Å²) in [6, 6.07) is 5.74. The van der Waals surface area contributed by atoms with Crippen LogP contribution in [-0.2, 0) is 24.3 Å². The van der Waals surface area contributed by atoms with E-state index in [0.29, 0.717) is 12.1 Å². The third kappa shape index (κ3) is 5.12. The maximum atomic E-state index is 11.9. The summed E-state index contributed by atoms with van der Waals surface area (Å²) in [7, 11) is -0.618. The summed E-state index contributed by atoms with van der Waals surface area (Å²) in [6.45, 7) is 1.47. The minimum absolute atomic E-state index is 0.130. The van der Waals surface area contributed by atoms with Gasteiger partial charge in [0.1, 0.15) is 0 Å². The average Bonchev–Trinajstić information content (AvgIpc) is 2.46. The van der Waals surface area contributed by atoms with Crippen LogP contribution in [0.15, 0.2) is 29.2 Å². The van der Waals surface area contributed by atoms with E-state index in [4.69, 9.17) is 4.74 Å². The second kappa shape index (κ2) is 7.90. The van der Waals surface area contributed by atoms with Crippen LogP contribution in [-0.4, -0.2) is 45.3 Å². The monoisotopic (exact) mass is 328 g/mol. The fraction of sp³-hybridized carbons (Fsp3) is 0.429. The van der Waals surface area contributed by atoms with Gasteiger partial charge in [-0.2, -0.15) is 0 Å². The molecule has 0 unspecified atom stereocenters. The lowest BCUT2D eigenvalue weighted by atomic mass is 10.3. The molecule has 1 rings (SSSR count). The second-order valence-electron chi connectivity index (χ2n) is 4.77. The van der Waals surface area contributed by atoms with Crippen molar-refractivity contribution in [2.24, 2.45) is 0 Å². The summed E-state index contributed by atoms with van der Waals surface area (Å²) < 4.78 is 29.6. The Balaban J connectivity index is 2.61. The van der Waals surface area contributed by atoms with Gasteiger partial charge in [-0.15, -0.1) is 0 Å². The quantitative estimate of drug-likeness (QED) is 0.760. The van der Waals surface area contributed by atoms with Crippen LogP contribution in [0.5, 0.6) is 0 Å². The normalized spacial score (nSPS) is 11.3. The van der Waals surface area contributed by atoms with Crippen molar-refractivity contribution < 1.29 is 22.7 Å². The molecule has 0 aromatic heterocycles. The predicted molar refractivity (Wildman–Crippen MR) is 81.8 cm³/mol. The van der Waals surface area contributed by atoms with E-state index in [1.54, 1.807) is 0 Å². The van der Waals surface area contributed by atoms with E-state index in [-0.39, 0.29) is 17.9 Å². The molecule has 0 radical (unpaired) electrons. The van der Waals surface area contributed by atoms with Crippen LogP contribution in [0.4, 0.5) is 5.69 Å². The molecule has 0 heterocycles. The summed E-state index contributed by atoms with van der Waals surface area (Å²) in [6.07, 6.45) is 0.923. The molecule has 1 N–H and O–H groups in total. The standard InChI is InChI=1S/C14H20N2O5S/c1-4-5-14(18)21-10-13(17)15-11-6-8-12(9-7-11)22(19,20)16(2)3/h6-9H,4-5,10H2,1-3H3,(H,15,17). The third-order valence-electron chi connectivity index (χ3n) is 2.74. The topological polar surface area (TPSA) is 92.8 Å². The van der Waals surface area contributed by atoms with E-state index < -0.39 is 21.9 Å². The lowest BCUT2D eigenvalue weighted by Gasteiger charge is -2.12. The molecule has 7 nitrogen and oxygen atoms in total. The van der Waals surface area contributed by atoms with Crippen LogP contribution in [0.25, 0.3) is 0 Å². The molecular weight excluding hydrogens is 308 g/mol. The van der Waals surface area contributed by atoms with Crippen molar-refractivity contribution in [3.63, 3.8) is 0 Å². The number of sulfonamides is 1. The Labute approximate surface area is 130 Å². The number of rotatable bonds is 7. The fourth-order valence-electron chi connectivity index (χ4n) is 1.54. The summed E-state index contributed by atoms with van der Waals surface area (Å²) in [5.74, 6) is -0.905. The molecule has 1 aromatic carbocycles. The largest absolute Gasteiger partial charge is 0.456 e. The first-order valence-corrected chi connectivity index (χ1v) is 8.19. The van der Waals surface area contributed by atoms with E-state index >= 15 is 0 Å². The molecule has 0 saturated heterocycles. The Bertz CT molecular complexity index is 623. The zero-order valence-electron chi connectivity index (χ0n) is 12.8. The highest BCUT2D eigenvalue weighted by Crippen LogP contribution is 2.16. The number of ether oxygens (including phenoxy) is 1. The Morgan fingerprint density at radius 2 is 1.77 bits per heavy atom. The fourth-order valence-corrected chi connectivity index (χ4v) is 2.44. The van der Waals surface area contributed by atoms with Crippen LogP contribution < -0.4 is 5.32 Å². The first-order valence-electron chi connectivity index (χ1n) is 6.75. The maximum absolute atomic E-state index is 11.9. The van der Waals surface area contributed by atoms with Crippen molar-refractivity contribution in [2.45, 2.75) is 24.7 Å². The number of carbonyl (C=O) groups excluding carboxylic acids is 2. The predicted octanol–water partition coefficient (Wildman–Crippen LogP) is 1.22. The number of benzene rings is 1. The molecule has 0 atom stereocenters. The molecule has 0 aliphatic rings. The average molecular weight is 328 g/mol. The molecule has 122 valence electrons. The van der Waals surface area contributed by atoms with Gasteiger partial charge in [0.2, 0.25) is 10.0 Å². The summed E-state index contributed by atoms with van der Waals surface area (Å²) in [5.41, 5.74) is 0.425. The number of nitrogens with zero attached hydrogens (tertiary/aromatic N) is 1. The number of amides is 1. The van der Waals surface area contributed by atoms with Gasteiger partial charge < -0.3 is 10.1 Å². The van der Waals surface area contributed by atoms with Crippen LogP contribution in [0, 0.1) is 0 Å². The van der Waals surface area contributed by atoms with Crippen LogP contribution >= 0.6 is 0 Å². The molecule has 22 heavy (non-hydrogen) atoms. The Morgan fingerprint density at radius 3 is 2.27 bits per heavy atom. The van der Waals surface area contributed by atoms with Gasteiger partial charge in [0.05, 0.1) is 4.90 Å². The minimum Gasteiger partial charge on any atom is -0.456 e. The van der Waals surface area contributed by atoms with E-state index in [1.807, 2.05) is 6.92 Å². The van der Waals surface area contributed by atoms with Gasteiger partial charge in [-0.25, -0.2) is 12.7 Å². The molecule has 1 amide bonds. The highest BCUT2D eigenvalue weighted by Gasteiger charge is 2.16. The van der Waals surface area contributed by atoms with Gasteiger partial charge in [-0.3, -0.25) is 9.59 Å². The summed E-state index contributed by atoms with van der Waals surface area (Å²) >= 11 is 0.